The molecule has 0 bridgehead atoms. The van der Waals surface area contributed by atoms with E-state index in [4.69, 9.17) is 26.3 Å². The van der Waals surface area contributed by atoms with E-state index in [9.17, 15) is 18.0 Å². The molecule has 1 aromatic carbocycles. The Bertz CT molecular complexity index is 897. The number of pyridine rings is 1. The average Bonchev–Trinajstić information content (AvgIpc) is 2.62. The summed E-state index contributed by atoms with van der Waals surface area (Å²) in [6, 6.07) is 6.59. The summed E-state index contributed by atoms with van der Waals surface area (Å²) in [5.41, 5.74) is -0.903. The van der Waals surface area contributed by atoms with Gasteiger partial charge in [0.2, 0.25) is 5.88 Å². The fourth-order valence-corrected chi connectivity index (χ4v) is 2.13. The molecule has 142 valence electrons. The van der Waals surface area contributed by atoms with Gasteiger partial charge in [0.05, 0.1) is 18.2 Å². The number of carbonyl (C=O) groups excluding carboxylic acids is 1. The van der Waals surface area contributed by atoms with E-state index in [0.29, 0.717) is 12.3 Å². The molecule has 0 radical (unpaired) electrons. The number of aromatic nitrogens is 1. The maximum absolute atomic E-state index is 12.7. The monoisotopic (exact) mass is 400 g/mol. The maximum Gasteiger partial charge on any atom is 0.417 e. The lowest BCUT2D eigenvalue weighted by atomic mass is 10.2. The lowest BCUT2D eigenvalue weighted by Crippen LogP contribution is -2.25. The second kappa shape index (κ2) is 8.14. The van der Waals surface area contributed by atoms with Crippen LogP contribution in [0.1, 0.15) is 18.1 Å². The number of alkyl halides is 3. The zero-order chi connectivity index (χ0) is 20.2. The summed E-state index contributed by atoms with van der Waals surface area (Å²) in [5, 5.41) is 8.78. The van der Waals surface area contributed by atoms with Gasteiger partial charge in [-0.25, -0.2) is 9.78 Å². The molecule has 0 spiro atoms. The van der Waals surface area contributed by atoms with Crippen molar-refractivity contribution in [2.24, 2.45) is 0 Å². The van der Waals surface area contributed by atoms with E-state index in [-0.39, 0.29) is 28.0 Å². The number of hydrogen-bond donors (Lipinski definition) is 0. The van der Waals surface area contributed by atoms with Crippen molar-refractivity contribution in [1.82, 2.24) is 4.98 Å². The van der Waals surface area contributed by atoms with Crippen LogP contribution < -0.4 is 9.47 Å². The molecular formula is C17H12ClF3N2O4. The van der Waals surface area contributed by atoms with Gasteiger partial charge in [-0.15, -0.1) is 0 Å². The van der Waals surface area contributed by atoms with E-state index in [1.807, 2.05) is 6.07 Å². The van der Waals surface area contributed by atoms with E-state index in [1.54, 1.807) is 0 Å². The standard InChI is InChI=1S/C17H12ClF3N2O4/c1-9(16(24)25-2)26-14-6-12(4-3-10(14)7-22)27-15-13(18)5-11(8-23-15)17(19,20)21/h3-6,8-9H,1-2H3. The SMILES string of the molecule is COC(=O)C(C)Oc1cc(Oc2ncc(C(F)(F)F)cc2Cl)ccc1C#N. The highest BCUT2D eigenvalue weighted by atomic mass is 35.5. The molecular weight excluding hydrogens is 389 g/mol. The number of carbonyl (C=O) groups is 1. The Labute approximate surface area is 157 Å². The van der Waals surface area contributed by atoms with Crippen molar-refractivity contribution in [2.45, 2.75) is 19.2 Å². The zero-order valence-corrected chi connectivity index (χ0v) is 14.8. The van der Waals surface area contributed by atoms with Crippen molar-refractivity contribution in [1.29, 1.82) is 5.26 Å². The molecule has 2 aromatic rings. The molecule has 0 amide bonds. The molecule has 0 aliphatic carbocycles. The van der Waals surface area contributed by atoms with Crippen LogP contribution in [-0.4, -0.2) is 24.2 Å². The van der Waals surface area contributed by atoms with Gasteiger partial charge in [-0.2, -0.15) is 18.4 Å². The van der Waals surface area contributed by atoms with Crippen molar-refractivity contribution in [3.8, 4) is 23.4 Å². The van der Waals surface area contributed by atoms with Crippen LogP contribution in [-0.2, 0) is 15.7 Å². The van der Waals surface area contributed by atoms with Gasteiger partial charge in [0.15, 0.2) is 6.10 Å². The second-order valence-electron chi connectivity index (χ2n) is 5.16. The minimum atomic E-state index is -4.59. The van der Waals surface area contributed by atoms with Crippen LogP contribution in [0.4, 0.5) is 13.2 Å². The van der Waals surface area contributed by atoms with Crippen LogP contribution in [0.25, 0.3) is 0 Å². The third-order valence-corrected chi connectivity index (χ3v) is 3.53. The van der Waals surface area contributed by atoms with Crippen molar-refractivity contribution in [2.75, 3.05) is 7.11 Å². The second-order valence-corrected chi connectivity index (χ2v) is 5.57. The molecule has 2 rings (SSSR count). The first-order valence-electron chi connectivity index (χ1n) is 7.35. The van der Waals surface area contributed by atoms with Gasteiger partial charge < -0.3 is 14.2 Å². The largest absolute Gasteiger partial charge is 0.477 e. The Morgan fingerprint density at radius 2 is 2.04 bits per heavy atom. The third-order valence-electron chi connectivity index (χ3n) is 3.26. The summed E-state index contributed by atoms with van der Waals surface area (Å²) in [6.07, 6.45) is -5.00. The number of benzene rings is 1. The normalized spacial score (nSPS) is 12.0. The molecule has 10 heteroatoms. The molecule has 0 saturated carbocycles. The number of ether oxygens (including phenoxy) is 3. The summed E-state index contributed by atoms with van der Waals surface area (Å²) >= 11 is 5.80. The maximum atomic E-state index is 12.7. The Balaban J connectivity index is 2.29. The molecule has 1 heterocycles. The average molecular weight is 401 g/mol. The summed E-state index contributed by atoms with van der Waals surface area (Å²) in [6.45, 7) is 1.43. The number of halogens is 4. The van der Waals surface area contributed by atoms with Gasteiger partial charge >= 0.3 is 12.1 Å². The molecule has 27 heavy (non-hydrogen) atoms. The number of nitriles is 1. The van der Waals surface area contributed by atoms with E-state index in [1.165, 1.54) is 32.2 Å². The third kappa shape index (κ3) is 5.01. The first kappa shape index (κ1) is 20.3. The number of methoxy groups -OCH3 is 1. The van der Waals surface area contributed by atoms with E-state index in [0.717, 1.165) is 0 Å². The van der Waals surface area contributed by atoms with Crippen LogP contribution in [0.15, 0.2) is 30.5 Å². The Morgan fingerprint density at radius 1 is 1.33 bits per heavy atom. The predicted molar refractivity (Wildman–Crippen MR) is 87.6 cm³/mol. The van der Waals surface area contributed by atoms with Gasteiger partial charge in [-0.1, -0.05) is 11.6 Å². The van der Waals surface area contributed by atoms with Gasteiger partial charge in [-0.05, 0) is 25.1 Å². The predicted octanol–water partition coefficient (Wildman–Crippen LogP) is 4.36. The summed E-state index contributed by atoms with van der Waals surface area (Å²) in [7, 11) is 1.19. The van der Waals surface area contributed by atoms with Crippen molar-refractivity contribution in [3.63, 3.8) is 0 Å². The fourth-order valence-electron chi connectivity index (χ4n) is 1.93. The van der Waals surface area contributed by atoms with Crippen LogP contribution in [0, 0.1) is 11.3 Å². The van der Waals surface area contributed by atoms with Crippen molar-refractivity contribution < 1.29 is 32.2 Å². The molecule has 1 atom stereocenters. The van der Waals surface area contributed by atoms with Gasteiger partial charge in [0.25, 0.3) is 0 Å². The number of rotatable bonds is 5. The summed E-state index contributed by atoms with van der Waals surface area (Å²) < 4.78 is 53.3. The first-order chi connectivity index (χ1) is 12.7. The molecule has 1 aromatic heterocycles. The van der Waals surface area contributed by atoms with Crippen LogP contribution in [0.5, 0.6) is 17.4 Å². The highest BCUT2D eigenvalue weighted by Crippen LogP contribution is 2.35. The first-order valence-corrected chi connectivity index (χ1v) is 7.72. The Kier molecular flexibility index (Phi) is 6.13. The zero-order valence-electron chi connectivity index (χ0n) is 14.0. The highest BCUT2D eigenvalue weighted by Gasteiger charge is 2.31. The van der Waals surface area contributed by atoms with Crippen molar-refractivity contribution in [3.05, 3.63) is 46.6 Å². The molecule has 0 aliphatic rings. The van der Waals surface area contributed by atoms with E-state index < -0.39 is 23.8 Å². The minimum Gasteiger partial charge on any atom is -0.477 e. The van der Waals surface area contributed by atoms with Crippen molar-refractivity contribution >= 4 is 17.6 Å². The topological polar surface area (TPSA) is 81.4 Å². The van der Waals surface area contributed by atoms with Crippen LogP contribution in [0.2, 0.25) is 5.02 Å². The van der Waals surface area contributed by atoms with Crippen LogP contribution in [0.3, 0.4) is 0 Å². The smallest absolute Gasteiger partial charge is 0.417 e. The van der Waals surface area contributed by atoms with Gasteiger partial charge in [-0.3, -0.25) is 0 Å². The fraction of sp³-hybridized carbons (Fsp3) is 0.235. The number of esters is 1. The molecule has 0 saturated heterocycles. The minimum absolute atomic E-state index is 0.0240. The molecule has 0 N–H and O–H groups in total. The number of nitrogens with zero attached hydrogens (tertiary/aromatic N) is 2. The lowest BCUT2D eigenvalue weighted by Gasteiger charge is -2.15. The molecule has 0 aliphatic heterocycles. The molecule has 0 fully saturated rings. The Hall–Kier alpha value is -2.99. The highest BCUT2D eigenvalue weighted by molar-refractivity contribution is 6.31. The van der Waals surface area contributed by atoms with Gasteiger partial charge in [0, 0.05) is 12.3 Å². The molecule has 1 unspecified atom stereocenters. The Morgan fingerprint density at radius 3 is 2.59 bits per heavy atom. The molecule has 6 nitrogen and oxygen atoms in total. The lowest BCUT2D eigenvalue weighted by molar-refractivity contribution is -0.148. The summed E-state index contributed by atoms with van der Waals surface area (Å²) in [5.74, 6) is -0.801. The quantitative estimate of drug-likeness (QED) is 0.694. The van der Waals surface area contributed by atoms with Crippen LogP contribution >= 0.6 is 11.6 Å². The van der Waals surface area contributed by atoms with E-state index >= 15 is 0 Å². The van der Waals surface area contributed by atoms with Gasteiger partial charge in [0.1, 0.15) is 22.6 Å². The number of hydrogen-bond acceptors (Lipinski definition) is 6. The summed E-state index contributed by atoms with van der Waals surface area (Å²) in [4.78, 5) is 15.0. The van der Waals surface area contributed by atoms with E-state index in [2.05, 4.69) is 9.72 Å².